The third-order valence-electron chi connectivity index (χ3n) is 5.28. The number of carbonyl (C=O) groups is 2. The number of thiophene rings is 1. The summed E-state index contributed by atoms with van der Waals surface area (Å²) in [6, 6.07) is 3.91. The Morgan fingerprint density at radius 3 is 2.76 bits per heavy atom. The number of hydrogen-bond acceptors (Lipinski definition) is 6. The van der Waals surface area contributed by atoms with Crippen LogP contribution in [0.3, 0.4) is 0 Å². The van der Waals surface area contributed by atoms with E-state index in [-0.39, 0.29) is 17.9 Å². The molecule has 3 aromatic heterocycles. The molecule has 152 valence electrons. The van der Waals surface area contributed by atoms with Crippen LogP contribution in [0.5, 0.6) is 0 Å². The van der Waals surface area contributed by atoms with E-state index in [0.717, 1.165) is 23.3 Å². The van der Waals surface area contributed by atoms with Crippen molar-refractivity contribution in [1.82, 2.24) is 20.4 Å². The highest BCUT2D eigenvalue weighted by Gasteiger charge is 2.28. The number of likely N-dealkylation sites (tertiary alicyclic amines) is 1. The summed E-state index contributed by atoms with van der Waals surface area (Å²) in [7, 11) is 0. The van der Waals surface area contributed by atoms with E-state index in [1.54, 1.807) is 16.2 Å². The van der Waals surface area contributed by atoms with E-state index in [2.05, 4.69) is 35.4 Å². The molecule has 1 N–H and O–H groups in total. The molecule has 29 heavy (non-hydrogen) atoms. The lowest BCUT2D eigenvalue weighted by atomic mass is 10.0. The second-order valence-corrected chi connectivity index (χ2v) is 9.08. The van der Waals surface area contributed by atoms with Crippen molar-refractivity contribution in [2.75, 3.05) is 13.1 Å². The molecule has 2 amide bonds. The Hall–Kier alpha value is -2.74. The molecule has 1 aliphatic heterocycles. The number of amides is 2. The van der Waals surface area contributed by atoms with Crippen molar-refractivity contribution in [2.24, 2.45) is 0 Å². The number of rotatable bonds is 3. The van der Waals surface area contributed by atoms with Crippen LogP contribution in [-0.2, 0) is 4.79 Å². The van der Waals surface area contributed by atoms with Crippen LogP contribution < -0.4 is 5.32 Å². The van der Waals surface area contributed by atoms with Gasteiger partial charge in [0.05, 0.1) is 22.3 Å². The van der Waals surface area contributed by atoms with Crippen molar-refractivity contribution in [3.05, 3.63) is 33.1 Å². The third kappa shape index (κ3) is 3.76. The van der Waals surface area contributed by atoms with Gasteiger partial charge in [-0.3, -0.25) is 9.59 Å². The summed E-state index contributed by atoms with van der Waals surface area (Å²) in [6.07, 6.45) is 1.73. The number of piperidine rings is 1. The van der Waals surface area contributed by atoms with E-state index in [9.17, 15) is 9.59 Å². The molecule has 0 spiro atoms. The minimum absolute atomic E-state index is 0.0210. The van der Waals surface area contributed by atoms with Gasteiger partial charge >= 0.3 is 0 Å². The van der Waals surface area contributed by atoms with Crippen LogP contribution in [0.1, 0.15) is 45.6 Å². The molecule has 0 radical (unpaired) electrons. The maximum Gasteiger partial charge on any atom is 0.259 e. The molecule has 0 aliphatic carbocycles. The molecule has 1 saturated heterocycles. The van der Waals surface area contributed by atoms with Crippen molar-refractivity contribution in [1.29, 1.82) is 0 Å². The van der Waals surface area contributed by atoms with Crippen LogP contribution >= 0.6 is 11.3 Å². The molecule has 4 heterocycles. The van der Waals surface area contributed by atoms with Crippen molar-refractivity contribution in [3.63, 3.8) is 0 Å². The Morgan fingerprint density at radius 1 is 1.28 bits per heavy atom. The number of carbonyl (C=O) groups excluding carboxylic acids is 2. The van der Waals surface area contributed by atoms with E-state index >= 15 is 0 Å². The second kappa shape index (κ2) is 7.59. The van der Waals surface area contributed by atoms with Crippen LogP contribution in [0, 0.1) is 20.8 Å². The average Bonchev–Trinajstić information content (AvgIpc) is 3.21. The first-order valence-electron chi connectivity index (χ1n) is 9.74. The highest BCUT2D eigenvalue weighted by molar-refractivity contribution is 7.12. The van der Waals surface area contributed by atoms with Gasteiger partial charge in [0, 0.05) is 41.4 Å². The number of nitrogens with zero attached hydrogens (tertiary/aromatic N) is 3. The van der Waals surface area contributed by atoms with E-state index in [1.807, 2.05) is 13.0 Å². The van der Waals surface area contributed by atoms with Gasteiger partial charge in [0.15, 0.2) is 0 Å². The number of aryl methyl sites for hydroxylation is 3. The Bertz CT molecular complexity index is 1100. The monoisotopic (exact) mass is 412 g/mol. The molecular weight excluding hydrogens is 388 g/mol. The lowest BCUT2D eigenvalue weighted by Crippen LogP contribution is -2.49. The predicted molar refractivity (Wildman–Crippen MR) is 112 cm³/mol. The minimum Gasteiger partial charge on any atom is -0.352 e. The first kappa shape index (κ1) is 19.6. The predicted octanol–water partition coefficient (Wildman–Crippen LogP) is 3.62. The van der Waals surface area contributed by atoms with Crippen LogP contribution in [0.25, 0.3) is 22.4 Å². The summed E-state index contributed by atoms with van der Waals surface area (Å²) < 4.78 is 5.42. The Morgan fingerprint density at radius 2 is 2.07 bits per heavy atom. The first-order chi connectivity index (χ1) is 13.8. The summed E-state index contributed by atoms with van der Waals surface area (Å²) in [4.78, 5) is 33.7. The third-order valence-corrected chi connectivity index (χ3v) is 6.25. The lowest BCUT2D eigenvalue weighted by molar-refractivity contribution is -0.120. The molecule has 1 aliphatic rings. The van der Waals surface area contributed by atoms with Gasteiger partial charge < -0.3 is 14.7 Å². The molecule has 0 bridgehead atoms. The highest BCUT2D eigenvalue weighted by atomic mass is 32.1. The van der Waals surface area contributed by atoms with Crippen LogP contribution in [0.4, 0.5) is 0 Å². The largest absolute Gasteiger partial charge is 0.352 e. The van der Waals surface area contributed by atoms with Gasteiger partial charge in [-0.15, -0.1) is 11.3 Å². The van der Waals surface area contributed by atoms with Gasteiger partial charge in [-0.25, -0.2) is 4.98 Å². The summed E-state index contributed by atoms with van der Waals surface area (Å²) >= 11 is 1.70. The number of nitrogens with one attached hydrogen (secondary N) is 1. The van der Waals surface area contributed by atoms with Crippen LogP contribution in [0.2, 0.25) is 0 Å². The van der Waals surface area contributed by atoms with Gasteiger partial charge in [-0.1, -0.05) is 5.16 Å². The zero-order valence-corrected chi connectivity index (χ0v) is 17.9. The minimum atomic E-state index is -0.0791. The fraction of sp³-hybridized carbons (Fsp3) is 0.429. The molecular formula is C21H24N4O3S. The zero-order chi connectivity index (χ0) is 20.7. The van der Waals surface area contributed by atoms with E-state index in [4.69, 9.17) is 4.52 Å². The normalized spacial score (nSPS) is 17.0. The SMILES string of the molecule is CC(=O)NC1CCCN(C(=O)c2cc(-c3cc(C)sc3C)nc3onc(C)c23)C1. The molecule has 1 atom stereocenters. The Balaban J connectivity index is 1.75. The van der Waals surface area contributed by atoms with Crippen LogP contribution in [0.15, 0.2) is 16.7 Å². The van der Waals surface area contributed by atoms with E-state index in [1.165, 1.54) is 11.8 Å². The number of aromatic nitrogens is 2. The van der Waals surface area contributed by atoms with Gasteiger partial charge in [0.2, 0.25) is 5.91 Å². The van der Waals surface area contributed by atoms with Gasteiger partial charge in [0.1, 0.15) is 0 Å². The van der Waals surface area contributed by atoms with Gasteiger partial charge in [-0.05, 0) is 45.7 Å². The zero-order valence-electron chi connectivity index (χ0n) is 17.0. The summed E-state index contributed by atoms with van der Waals surface area (Å²) in [5.74, 6) is -0.152. The maximum atomic E-state index is 13.5. The molecule has 4 rings (SSSR count). The smallest absolute Gasteiger partial charge is 0.259 e. The fourth-order valence-electron chi connectivity index (χ4n) is 4.02. The van der Waals surface area contributed by atoms with Crippen molar-refractivity contribution in [3.8, 4) is 11.3 Å². The summed E-state index contributed by atoms with van der Waals surface area (Å²) in [5.41, 5.74) is 3.30. The van der Waals surface area contributed by atoms with Crippen molar-refractivity contribution < 1.29 is 14.1 Å². The molecule has 0 saturated carbocycles. The van der Waals surface area contributed by atoms with Crippen LogP contribution in [-0.4, -0.2) is 46.0 Å². The number of fused-ring (bicyclic) bond motifs is 1. The second-order valence-electron chi connectivity index (χ2n) is 7.62. The topological polar surface area (TPSA) is 88.3 Å². The fourth-order valence-corrected chi connectivity index (χ4v) is 4.96. The Labute approximate surface area is 173 Å². The maximum absolute atomic E-state index is 13.5. The standard InChI is InChI=1S/C21H24N4O3S/c1-11-8-16(13(3)29-11)18-9-17(19-12(2)24-28-20(19)23-18)21(27)25-7-5-6-15(10-25)22-14(4)26/h8-9,15H,5-7,10H2,1-4H3,(H,22,26). The summed E-state index contributed by atoms with van der Waals surface area (Å²) in [5, 5.41) is 7.63. The molecule has 3 aromatic rings. The Kier molecular flexibility index (Phi) is 5.12. The lowest BCUT2D eigenvalue weighted by Gasteiger charge is -2.33. The van der Waals surface area contributed by atoms with E-state index < -0.39 is 0 Å². The quantitative estimate of drug-likeness (QED) is 0.710. The van der Waals surface area contributed by atoms with Crippen molar-refractivity contribution in [2.45, 2.75) is 46.6 Å². The molecule has 8 heteroatoms. The van der Waals surface area contributed by atoms with Crippen molar-refractivity contribution >= 4 is 34.3 Å². The number of pyridine rings is 1. The molecule has 0 aromatic carbocycles. The average molecular weight is 413 g/mol. The summed E-state index contributed by atoms with van der Waals surface area (Å²) in [6.45, 7) is 8.59. The van der Waals surface area contributed by atoms with E-state index in [0.29, 0.717) is 41.1 Å². The molecule has 7 nitrogen and oxygen atoms in total. The first-order valence-corrected chi connectivity index (χ1v) is 10.6. The number of hydrogen-bond donors (Lipinski definition) is 1. The van der Waals surface area contributed by atoms with Gasteiger partial charge in [-0.2, -0.15) is 0 Å². The molecule has 1 fully saturated rings. The molecule has 1 unspecified atom stereocenters. The highest BCUT2D eigenvalue weighted by Crippen LogP contribution is 2.33. The van der Waals surface area contributed by atoms with Gasteiger partial charge in [0.25, 0.3) is 11.6 Å².